The molecule has 0 aliphatic heterocycles. The van der Waals surface area contributed by atoms with Crippen molar-refractivity contribution < 1.29 is 11.3 Å². The molecule has 1 aromatic heterocycles. The minimum Gasteiger partial charge on any atom is -0.456 e. The van der Waals surface area contributed by atoms with Gasteiger partial charge in [0.1, 0.15) is 11.2 Å². The molecule has 9 rings (SSSR count). The van der Waals surface area contributed by atoms with Crippen LogP contribution >= 0.6 is 0 Å². The SMILES string of the molecule is [2H]c1c([2H])c([2H])c(-c2cc(-c3ccc4ccc5c(-c6ccccc6)ccc6ccc3c4c65)c3c(c2)oc2ccccc23)c([2H])c1[2H]. The summed E-state index contributed by atoms with van der Waals surface area (Å²) in [5.41, 5.74) is 6.19. The fraction of sp³-hybridized carbons (Fsp3) is 0. The smallest absolute Gasteiger partial charge is 0.136 e. The Morgan fingerprint density at radius 1 is 0.415 bits per heavy atom. The van der Waals surface area contributed by atoms with E-state index in [1.807, 2.05) is 36.4 Å². The quantitative estimate of drug-likeness (QED) is 0.209. The van der Waals surface area contributed by atoms with Gasteiger partial charge < -0.3 is 4.42 Å². The first kappa shape index (κ1) is 18.0. The van der Waals surface area contributed by atoms with Gasteiger partial charge in [-0.25, -0.2) is 0 Å². The second-order valence-corrected chi connectivity index (χ2v) is 10.5. The Kier molecular flexibility index (Phi) is 3.76. The van der Waals surface area contributed by atoms with Crippen molar-refractivity contribution in [1.29, 1.82) is 0 Å². The number of fused-ring (bicyclic) bond motifs is 3. The van der Waals surface area contributed by atoms with Crippen molar-refractivity contribution in [2.45, 2.75) is 0 Å². The first-order valence-electron chi connectivity index (χ1n) is 16.2. The van der Waals surface area contributed by atoms with E-state index in [2.05, 4.69) is 72.8 Å². The molecule has 0 aliphatic rings. The van der Waals surface area contributed by atoms with Crippen molar-refractivity contribution in [3.8, 4) is 33.4 Å². The van der Waals surface area contributed by atoms with Gasteiger partial charge >= 0.3 is 0 Å². The summed E-state index contributed by atoms with van der Waals surface area (Å²) in [7, 11) is 0. The number of furan rings is 1. The molecule has 0 atom stereocenters. The molecule has 9 aromatic rings. The molecule has 190 valence electrons. The maximum absolute atomic E-state index is 8.72. The highest BCUT2D eigenvalue weighted by Crippen LogP contribution is 2.46. The van der Waals surface area contributed by atoms with Crippen molar-refractivity contribution in [1.82, 2.24) is 0 Å². The predicted octanol–water partition coefficient (Wildman–Crippen LogP) is 11.5. The van der Waals surface area contributed by atoms with Crippen LogP contribution in [0.1, 0.15) is 6.85 Å². The fourth-order valence-corrected chi connectivity index (χ4v) is 6.51. The van der Waals surface area contributed by atoms with Crippen LogP contribution in [0.25, 0.3) is 87.6 Å². The first-order valence-corrected chi connectivity index (χ1v) is 13.7. The van der Waals surface area contributed by atoms with Crippen LogP contribution < -0.4 is 0 Å². The molecule has 0 saturated heterocycles. The zero-order valence-electron chi connectivity index (χ0n) is 26.9. The molecular formula is C40H24O. The van der Waals surface area contributed by atoms with Crippen LogP contribution in [0.15, 0.2) is 150 Å². The number of hydrogen-bond donors (Lipinski definition) is 0. The zero-order valence-corrected chi connectivity index (χ0v) is 21.9. The van der Waals surface area contributed by atoms with Gasteiger partial charge in [0.2, 0.25) is 0 Å². The van der Waals surface area contributed by atoms with E-state index < -0.39 is 6.04 Å². The van der Waals surface area contributed by atoms with E-state index in [0.29, 0.717) is 11.1 Å². The maximum atomic E-state index is 8.72. The molecule has 1 heterocycles. The Bertz CT molecular complexity index is 2660. The lowest BCUT2D eigenvalue weighted by Gasteiger charge is -2.17. The van der Waals surface area contributed by atoms with E-state index in [1.165, 1.54) is 27.3 Å². The number of benzene rings is 8. The first-order chi connectivity index (χ1) is 22.4. The second-order valence-electron chi connectivity index (χ2n) is 10.5. The molecule has 0 N–H and O–H groups in total. The van der Waals surface area contributed by atoms with Gasteiger partial charge in [0, 0.05) is 10.8 Å². The largest absolute Gasteiger partial charge is 0.456 e. The topological polar surface area (TPSA) is 13.1 Å². The standard InChI is InChI=1S/C40H24O/c1-3-9-25(10-4-1)29-23-35(40-34-13-7-8-14-36(34)41-37(40)24-29)31-20-16-28-17-21-32-30(26-11-5-2-6-12-26)19-15-27-18-22-33(31)39(28)38(27)32/h1-24H/i1D,3D,4D,9D,10D. The molecule has 0 amide bonds. The molecule has 0 bridgehead atoms. The average molecular weight is 526 g/mol. The van der Waals surface area contributed by atoms with Gasteiger partial charge in [-0.2, -0.15) is 0 Å². The van der Waals surface area contributed by atoms with Gasteiger partial charge in [-0.3, -0.25) is 0 Å². The van der Waals surface area contributed by atoms with E-state index in [4.69, 9.17) is 11.3 Å². The summed E-state index contributed by atoms with van der Waals surface area (Å²) < 4.78 is 48.6. The van der Waals surface area contributed by atoms with Crippen molar-refractivity contribution in [3.63, 3.8) is 0 Å². The highest BCUT2D eigenvalue weighted by molar-refractivity contribution is 6.28. The lowest BCUT2D eigenvalue weighted by Crippen LogP contribution is -1.90. The summed E-state index contributed by atoms with van der Waals surface area (Å²) in [6, 6.07) is 37.9. The third kappa shape index (κ3) is 3.30. The second kappa shape index (κ2) is 8.55. The Hall–Kier alpha value is -5.40. The Labute approximate surface area is 244 Å². The number of para-hydroxylation sites is 1. The van der Waals surface area contributed by atoms with Gasteiger partial charge in [-0.05, 0) is 83.9 Å². The summed E-state index contributed by atoms with van der Waals surface area (Å²) in [5, 5.41) is 8.81. The molecule has 0 radical (unpaired) electrons. The van der Waals surface area contributed by atoms with E-state index in [9.17, 15) is 0 Å². The number of hydrogen-bond acceptors (Lipinski definition) is 1. The van der Waals surface area contributed by atoms with Crippen molar-refractivity contribution in [2.24, 2.45) is 0 Å². The third-order valence-corrected chi connectivity index (χ3v) is 8.31. The summed E-state index contributed by atoms with van der Waals surface area (Å²) in [5.74, 6) is 0. The van der Waals surface area contributed by atoms with Crippen LogP contribution in [0.4, 0.5) is 0 Å². The van der Waals surface area contributed by atoms with Gasteiger partial charge in [0.05, 0.1) is 6.85 Å². The minimum absolute atomic E-state index is 0.153. The van der Waals surface area contributed by atoms with Gasteiger partial charge in [-0.1, -0.05) is 127 Å². The van der Waals surface area contributed by atoms with Crippen LogP contribution in [0.5, 0.6) is 0 Å². The zero-order chi connectivity index (χ0) is 31.3. The highest BCUT2D eigenvalue weighted by Gasteiger charge is 2.19. The molecule has 41 heavy (non-hydrogen) atoms. The van der Waals surface area contributed by atoms with Crippen molar-refractivity contribution >= 4 is 54.3 Å². The maximum Gasteiger partial charge on any atom is 0.136 e. The minimum atomic E-state index is -0.412. The summed E-state index contributed by atoms with van der Waals surface area (Å²) >= 11 is 0. The van der Waals surface area contributed by atoms with Crippen LogP contribution in [0.2, 0.25) is 0 Å². The van der Waals surface area contributed by atoms with Crippen LogP contribution in [0.3, 0.4) is 0 Å². The van der Waals surface area contributed by atoms with Gasteiger partial charge in [0.15, 0.2) is 0 Å². The summed E-state index contributed by atoms with van der Waals surface area (Å²) in [4.78, 5) is 0. The molecular weight excluding hydrogens is 496 g/mol. The average Bonchev–Trinajstić information content (AvgIpc) is 3.47. The number of rotatable bonds is 3. The fourth-order valence-electron chi connectivity index (χ4n) is 6.51. The molecule has 1 nitrogen and oxygen atoms in total. The van der Waals surface area contributed by atoms with Crippen LogP contribution in [-0.2, 0) is 0 Å². The summed E-state index contributed by atoms with van der Waals surface area (Å²) in [6.45, 7) is 0. The van der Waals surface area contributed by atoms with Gasteiger partial charge in [-0.15, -0.1) is 0 Å². The van der Waals surface area contributed by atoms with Crippen LogP contribution in [-0.4, -0.2) is 0 Å². The van der Waals surface area contributed by atoms with Crippen molar-refractivity contribution in [3.05, 3.63) is 145 Å². The van der Waals surface area contributed by atoms with E-state index in [-0.39, 0.29) is 29.7 Å². The van der Waals surface area contributed by atoms with E-state index >= 15 is 0 Å². The lowest BCUT2D eigenvalue weighted by molar-refractivity contribution is 0.669. The normalized spacial score (nSPS) is 13.6. The third-order valence-electron chi connectivity index (χ3n) is 8.31. The Balaban J connectivity index is 1.41. The molecule has 8 aromatic carbocycles. The molecule has 0 fully saturated rings. The Morgan fingerprint density at radius 3 is 1.85 bits per heavy atom. The lowest BCUT2D eigenvalue weighted by atomic mass is 9.86. The van der Waals surface area contributed by atoms with E-state index in [0.717, 1.165) is 43.6 Å². The molecule has 0 spiro atoms. The molecule has 0 aliphatic carbocycles. The van der Waals surface area contributed by atoms with Crippen LogP contribution in [0, 0.1) is 0 Å². The monoisotopic (exact) mass is 525 g/mol. The summed E-state index contributed by atoms with van der Waals surface area (Å²) in [6.07, 6.45) is 0. The molecule has 0 saturated carbocycles. The Morgan fingerprint density at radius 2 is 1.07 bits per heavy atom. The van der Waals surface area contributed by atoms with Crippen molar-refractivity contribution in [2.75, 3.05) is 0 Å². The molecule has 0 unspecified atom stereocenters. The predicted molar refractivity (Wildman–Crippen MR) is 174 cm³/mol. The van der Waals surface area contributed by atoms with Gasteiger partial charge in [0.25, 0.3) is 0 Å². The highest BCUT2D eigenvalue weighted by atomic mass is 16.3. The molecule has 1 heteroatoms. The van der Waals surface area contributed by atoms with E-state index in [1.54, 1.807) is 6.07 Å².